The molecule has 0 aliphatic rings. The van der Waals surface area contributed by atoms with Gasteiger partial charge in [0.25, 0.3) is 0 Å². The molecule has 0 amide bonds. The van der Waals surface area contributed by atoms with E-state index in [9.17, 15) is 13.2 Å². The highest BCUT2D eigenvalue weighted by Crippen LogP contribution is 2.24. The van der Waals surface area contributed by atoms with E-state index in [0.717, 1.165) is 0 Å². The van der Waals surface area contributed by atoms with Gasteiger partial charge in [-0.15, -0.1) is 0 Å². The zero-order valence-electron chi connectivity index (χ0n) is 8.70. The van der Waals surface area contributed by atoms with E-state index in [4.69, 9.17) is 5.11 Å². The van der Waals surface area contributed by atoms with E-state index in [1.54, 1.807) is 0 Å². The van der Waals surface area contributed by atoms with Crippen LogP contribution in [0.2, 0.25) is 0 Å². The van der Waals surface area contributed by atoms with Gasteiger partial charge in [0, 0.05) is 12.2 Å². The lowest BCUT2D eigenvalue weighted by Crippen LogP contribution is -2.06. The molecule has 0 aromatic heterocycles. The molecule has 0 saturated heterocycles. The highest BCUT2D eigenvalue weighted by molar-refractivity contribution is 5.35. The van der Waals surface area contributed by atoms with Crippen LogP contribution in [-0.2, 0) is 6.42 Å². The predicted molar refractivity (Wildman–Crippen MR) is 51.2 cm³/mol. The number of halogens is 3. The SMILES string of the molecule is Cc1c(F)c(F)c(C)c(CCCO)c1F. The Morgan fingerprint density at radius 3 is 2.00 bits per heavy atom. The highest BCUT2D eigenvalue weighted by Gasteiger charge is 2.19. The average molecular weight is 218 g/mol. The van der Waals surface area contributed by atoms with Gasteiger partial charge in [-0.3, -0.25) is 0 Å². The van der Waals surface area contributed by atoms with Crippen molar-refractivity contribution in [3.05, 3.63) is 34.1 Å². The van der Waals surface area contributed by atoms with Crippen LogP contribution in [-0.4, -0.2) is 11.7 Å². The van der Waals surface area contributed by atoms with E-state index in [-0.39, 0.29) is 29.7 Å². The average Bonchev–Trinajstić information content (AvgIpc) is 2.24. The van der Waals surface area contributed by atoms with Crippen molar-refractivity contribution in [3.8, 4) is 0 Å². The molecule has 1 aromatic rings. The summed E-state index contributed by atoms with van der Waals surface area (Å²) in [6, 6.07) is 0. The Morgan fingerprint density at radius 2 is 1.47 bits per heavy atom. The normalized spacial score (nSPS) is 10.8. The van der Waals surface area contributed by atoms with Gasteiger partial charge in [0.1, 0.15) is 5.82 Å². The summed E-state index contributed by atoms with van der Waals surface area (Å²) in [5.74, 6) is -2.83. The van der Waals surface area contributed by atoms with Crippen molar-refractivity contribution in [2.24, 2.45) is 0 Å². The Kier molecular flexibility index (Phi) is 3.74. The Morgan fingerprint density at radius 1 is 0.933 bits per heavy atom. The minimum atomic E-state index is -1.13. The molecule has 0 unspecified atom stereocenters. The van der Waals surface area contributed by atoms with E-state index in [1.807, 2.05) is 0 Å². The predicted octanol–water partition coefficient (Wildman–Crippen LogP) is 2.65. The molecule has 0 fully saturated rings. The first kappa shape index (κ1) is 12.0. The van der Waals surface area contributed by atoms with Crippen LogP contribution in [0.1, 0.15) is 23.1 Å². The fourth-order valence-corrected chi connectivity index (χ4v) is 1.50. The summed E-state index contributed by atoms with van der Waals surface area (Å²) < 4.78 is 39.9. The molecule has 0 bridgehead atoms. The summed E-state index contributed by atoms with van der Waals surface area (Å²) in [6.45, 7) is 2.44. The quantitative estimate of drug-likeness (QED) is 0.773. The van der Waals surface area contributed by atoms with Crippen LogP contribution in [0.4, 0.5) is 13.2 Å². The molecule has 0 saturated carbocycles. The number of benzene rings is 1. The van der Waals surface area contributed by atoms with Crippen LogP contribution in [0.15, 0.2) is 0 Å². The second kappa shape index (κ2) is 4.66. The largest absolute Gasteiger partial charge is 0.396 e. The van der Waals surface area contributed by atoms with Gasteiger partial charge in [0.05, 0.1) is 0 Å². The lowest BCUT2D eigenvalue weighted by molar-refractivity contribution is 0.287. The van der Waals surface area contributed by atoms with Gasteiger partial charge in [-0.25, -0.2) is 13.2 Å². The highest BCUT2D eigenvalue weighted by atomic mass is 19.2. The van der Waals surface area contributed by atoms with Crippen molar-refractivity contribution in [1.82, 2.24) is 0 Å². The third kappa shape index (κ3) is 2.15. The van der Waals surface area contributed by atoms with Gasteiger partial charge in [-0.05, 0) is 37.8 Å². The molecule has 0 aliphatic heterocycles. The summed E-state index contributed by atoms with van der Waals surface area (Å²) in [6.07, 6.45) is 0.550. The van der Waals surface area contributed by atoms with Crippen molar-refractivity contribution in [3.63, 3.8) is 0 Å². The molecule has 0 spiro atoms. The maximum atomic E-state index is 13.5. The minimum absolute atomic E-state index is 0.0101. The van der Waals surface area contributed by atoms with Gasteiger partial charge >= 0.3 is 0 Å². The van der Waals surface area contributed by atoms with Crippen molar-refractivity contribution in [1.29, 1.82) is 0 Å². The smallest absolute Gasteiger partial charge is 0.164 e. The van der Waals surface area contributed by atoms with Crippen molar-refractivity contribution in [2.45, 2.75) is 26.7 Å². The van der Waals surface area contributed by atoms with Crippen molar-refractivity contribution < 1.29 is 18.3 Å². The zero-order valence-corrected chi connectivity index (χ0v) is 8.70. The van der Waals surface area contributed by atoms with Crippen molar-refractivity contribution >= 4 is 0 Å². The Balaban J connectivity index is 3.26. The fourth-order valence-electron chi connectivity index (χ4n) is 1.50. The van der Waals surface area contributed by atoms with Crippen LogP contribution in [0, 0.1) is 31.3 Å². The third-order valence-electron chi connectivity index (χ3n) is 2.48. The monoisotopic (exact) mass is 218 g/mol. The van der Waals surface area contributed by atoms with Gasteiger partial charge < -0.3 is 5.11 Å². The molecule has 0 heterocycles. The number of rotatable bonds is 3. The Bertz CT molecular complexity index is 346. The first-order valence-electron chi connectivity index (χ1n) is 4.74. The van der Waals surface area contributed by atoms with Gasteiger partial charge in [0.2, 0.25) is 0 Å². The van der Waals surface area contributed by atoms with Gasteiger partial charge in [-0.1, -0.05) is 0 Å². The van der Waals surface area contributed by atoms with Crippen molar-refractivity contribution in [2.75, 3.05) is 6.61 Å². The third-order valence-corrected chi connectivity index (χ3v) is 2.48. The number of aliphatic hydroxyl groups is 1. The molecular formula is C11H13F3O. The van der Waals surface area contributed by atoms with Crippen LogP contribution >= 0.6 is 0 Å². The molecular weight excluding hydrogens is 205 g/mol. The van der Waals surface area contributed by atoms with Gasteiger partial charge in [0.15, 0.2) is 11.6 Å². The second-order valence-corrected chi connectivity index (χ2v) is 3.50. The Labute approximate surface area is 86.5 Å². The first-order chi connectivity index (χ1) is 7.00. The molecule has 84 valence electrons. The maximum absolute atomic E-state index is 13.5. The molecule has 1 nitrogen and oxygen atoms in total. The van der Waals surface area contributed by atoms with Crippen LogP contribution in [0.5, 0.6) is 0 Å². The molecule has 1 N–H and O–H groups in total. The lowest BCUT2D eigenvalue weighted by atomic mass is 9.99. The van der Waals surface area contributed by atoms with E-state index < -0.39 is 17.5 Å². The van der Waals surface area contributed by atoms with E-state index in [0.29, 0.717) is 6.42 Å². The summed E-state index contributed by atoms with van der Waals surface area (Å²) in [4.78, 5) is 0. The summed E-state index contributed by atoms with van der Waals surface area (Å²) in [7, 11) is 0. The van der Waals surface area contributed by atoms with Crippen LogP contribution < -0.4 is 0 Å². The molecule has 1 rings (SSSR count). The summed E-state index contributed by atoms with van der Waals surface area (Å²) in [5, 5.41) is 8.61. The molecule has 0 aliphatic carbocycles. The molecule has 1 aromatic carbocycles. The lowest BCUT2D eigenvalue weighted by Gasteiger charge is -2.11. The zero-order chi connectivity index (χ0) is 11.6. The van der Waals surface area contributed by atoms with Crippen LogP contribution in [0.3, 0.4) is 0 Å². The molecule has 0 radical (unpaired) electrons. The molecule has 0 atom stereocenters. The molecule has 15 heavy (non-hydrogen) atoms. The van der Waals surface area contributed by atoms with E-state index in [1.165, 1.54) is 13.8 Å². The standard InChI is InChI=1S/C11H13F3O/c1-6-8(4-3-5-15)9(12)7(2)11(14)10(6)13/h15H,3-5H2,1-2H3. The van der Waals surface area contributed by atoms with Crippen LogP contribution in [0.25, 0.3) is 0 Å². The molecule has 4 heteroatoms. The number of aliphatic hydroxyl groups excluding tert-OH is 1. The van der Waals surface area contributed by atoms with E-state index >= 15 is 0 Å². The van der Waals surface area contributed by atoms with Gasteiger partial charge in [-0.2, -0.15) is 0 Å². The summed E-state index contributed by atoms with van der Waals surface area (Å²) >= 11 is 0. The number of hydrogen-bond donors (Lipinski definition) is 1. The maximum Gasteiger partial charge on any atom is 0.164 e. The topological polar surface area (TPSA) is 20.2 Å². The first-order valence-corrected chi connectivity index (χ1v) is 4.74. The second-order valence-electron chi connectivity index (χ2n) is 3.50. The summed E-state index contributed by atoms with van der Waals surface area (Å²) in [5.41, 5.74) is -0.157. The Hall–Kier alpha value is -1.03. The minimum Gasteiger partial charge on any atom is -0.396 e. The van der Waals surface area contributed by atoms with E-state index in [2.05, 4.69) is 0 Å². The number of hydrogen-bond acceptors (Lipinski definition) is 1. The fraction of sp³-hybridized carbons (Fsp3) is 0.455.